The van der Waals surface area contributed by atoms with E-state index in [9.17, 15) is 8.78 Å². The van der Waals surface area contributed by atoms with E-state index in [0.717, 1.165) is 12.1 Å². The van der Waals surface area contributed by atoms with Gasteiger partial charge >= 0.3 is 0 Å². The van der Waals surface area contributed by atoms with Gasteiger partial charge < -0.3 is 0 Å². The molecule has 1 aromatic carbocycles. The van der Waals surface area contributed by atoms with E-state index in [1.165, 1.54) is 13.0 Å². The molecule has 0 amide bonds. The van der Waals surface area contributed by atoms with Gasteiger partial charge in [0.15, 0.2) is 0 Å². The molecule has 1 aromatic rings. The molecule has 68 valence electrons. The zero-order valence-electron chi connectivity index (χ0n) is 6.91. The SMILES string of the molecule is C[C@@H](N=[N+]=[N-])c1ccc(F)cc1F. The van der Waals surface area contributed by atoms with Crippen molar-refractivity contribution in [2.75, 3.05) is 0 Å². The van der Waals surface area contributed by atoms with Crippen LogP contribution in [0.15, 0.2) is 23.3 Å². The third-order valence-electron chi connectivity index (χ3n) is 1.64. The lowest BCUT2D eigenvalue weighted by atomic mass is 10.1. The Kier molecular flexibility index (Phi) is 2.82. The normalized spacial score (nSPS) is 11.9. The number of hydrogen-bond acceptors (Lipinski definition) is 1. The average Bonchev–Trinajstić information content (AvgIpc) is 2.04. The number of nitrogens with zero attached hydrogens (tertiary/aromatic N) is 3. The minimum atomic E-state index is -0.695. The highest BCUT2D eigenvalue weighted by atomic mass is 19.1. The van der Waals surface area contributed by atoms with Gasteiger partial charge in [-0.05, 0) is 17.2 Å². The molecule has 0 radical (unpaired) electrons. The molecule has 3 nitrogen and oxygen atoms in total. The summed E-state index contributed by atoms with van der Waals surface area (Å²) in [7, 11) is 0. The Bertz CT molecular complexity index is 358. The Balaban J connectivity index is 3.08. The third-order valence-corrected chi connectivity index (χ3v) is 1.64. The molecule has 0 unspecified atom stereocenters. The summed E-state index contributed by atoms with van der Waals surface area (Å²) in [5.74, 6) is -1.34. The summed E-state index contributed by atoms with van der Waals surface area (Å²) in [6.45, 7) is 1.54. The highest BCUT2D eigenvalue weighted by Crippen LogP contribution is 2.20. The van der Waals surface area contributed by atoms with Crippen LogP contribution in [0.3, 0.4) is 0 Å². The van der Waals surface area contributed by atoms with Gasteiger partial charge in [0.1, 0.15) is 11.6 Å². The minimum absolute atomic E-state index is 0.194. The second kappa shape index (κ2) is 3.87. The lowest BCUT2D eigenvalue weighted by molar-refractivity contribution is 0.562. The molecule has 0 N–H and O–H groups in total. The van der Waals surface area contributed by atoms with Crippen LogP contribution in [0.5, 0.6) is 0 Å². The first-order valence-electron chi connectivity index (χ1n) is 3.64. The number of azide groups is 1. The van der Waals surface area contributed by atoms with Crippen molar-refractivity contribution < 1.29 is 8.78 Å². The molecule has 0 spiro atoms. The smallest absolute Gasteiger partial charge is 0.129 e. The first-order chi connectivity index (χ1) is 6.15. The van der Waals surface area contributed by atoms with Gasteiger partial charge in [0.2, 0.25) is 0 Å². The van der Waals surface area contributed by atoms with Gasteiger partial charge in [-0.25, -0.2) is 8.78 Å². The number of halogens is 2. The average molecular weight is 183 g/mol. The molecule has 13 heavy (non-hydrogen) atoms. The Morgan fingerprint density at radius 1 is 1.46 bits per heavy atom. The summed E-state index contributed by atoms with van der Waals surface area (Å²) in [5, 5.41) is 3.30. The Labute approximate surface area is 73.6 Å². The monoisotopic (exact) mass is 183 g/mol. The van der Waals surface area contributed by atoms with Gasteiger partial charge in [0, 0.05) is 11.0 Å². The largest absolute Gasteiger partial charge is 0.207 e. The lowest BCUT2D eigenvalue weighted by Crippen LogP contribution is -1.94. The molecule has 1 rings (SSSR count). The van der Waals surface area contributed by atoms with Crippen LogP contribution < -0.4 is 0 Å². The van der Waals surface area contributed by atoms with E-state index in [2.05, 4.69) is 10.0 Å². The van der Waals surface area contributed by atoms with Crippen molar-refractivity contribution in [2.24, 2.45) is 5.11 Å². The molecule has 1 atom stereocenters. The maximum Gasteiger partial charge on any atom is 0.129 e. The van der Waals surface area contributed by atoms with Crippen molar-refractivity contribution >= 4 is 0 Å². The highest BCUT2D eigenvalue weighted by Gasteiger charge is 2.09. The van der Waals surface area contributed by atoms with Crippen LogP contribution in [0.1, 0.15) is 18.5 Å². The molecule has 0 saturated carbocycles. The summed E-state index contributed by atoms with van der Waals surface area (Å²) >= 11 is 0. The predicted molar refractivity (Wildman–Crippen MR) is 43.9 cm³/mol. The topological polar surface area (TPSA) is 48.8 Å². The molecular weight excluding hydrogens is 176 g/mol. The molecule has 0 aliphatic carbocycles. The summed E-state index contributed by atoms with van der Waals surface area (Å²) in [4.78, 5) is 2.54. The van der Waals surface area contributed by atoms with Crippen LogP contribution >= 0.6 is 0 Å². The third kappa shape index (κ3) is 2.16. The molecule has 0 aromatic heterocycles. The van der Waals surface area contributed by atoms with Crippen LogP contribution in [-0.2, 0) is 0 Å². The zero-order valence-corrected chi connectivity index (χ0v) is 6.91. The second-order valence-electron chi connectivity index (χ2n) is 2.55. The van der Waals surface area contributed by atoms with E-state index < -0.39 is 17.7 Å². The lowest BCUT2D eigenvalue weighted by Gasteiger charge is -2.05. The van der Waals surface area contributed by atoms with Gasteiger partial charge in [-0.1, -0.05) is 18.1 Å². The minimum Gasteiger partial charge on any atom is -0.207 e. The van der Waals surface area contributed by atoms with Crippen LogP contribution in [0.2, 0.25) is 0 Å². The van der Waals surface area contributed by atoms with Crippen molar-refractivity contribution in [1.82, 2.24) is 0 Å². The molecule has 0 saturated heterocycles. The first kappa shape index (κ1) is 9.48. The maximum absolute atomic E-state index is 13.0. The van der Waals surface area contributed by atoms with E-state index >= 15 is 0 Å². The van der Waals surface area contributed by atoms with Crippen molar-refractivity contribution in [3.63, 3.8) is 0 Å². The fourth-order valence-electron chi connectivity index (χ4n) is 0.980. The molecule has 0 fully saturated rings. The molecule has 0 aliphatic rings. The van der Waals surface area contributed by atoms with E-state index in [-0.39, 0.29) is 5.56 Å². The van der Waals surface area contributed by atoms with Gasteiger partial charge in [-0.3, -0.25) is 0 Å². The number of hydrogen-bond donors (Lipinski definition) is 0. The number of rotatable bonds is 2. The van der Waals surface area contributed by atoms with Crippen LogP contribution in [0.4, 0.5) is 8.78 Å². The quantitative estimate of drug-likeness (QED) is 0.383. The van der Waals surface area contributed by atoms with Crippen molar-refractivity contribution in [1.29, 1.82) is 0 Å². The molecule has 0 heterocycles. The van der Waals surface area contributed by atoms with Crippen LogP contribution in [0.25, 0.3) is 10.4 Å². The summed E-state index contributed by atoms with van der Waals surface area (Å²) in [6.07, 6.45) is 0. The van der Waals surface area contributed by atoms with Crippen molar-refractivity contribution in [3.8, 4) is 0 Å². The predicted octanol–water partition coefficient (Wildman–Crippen LogP) is 3.34. The van der Waals surface area contributed by atoms with Gasteiger partial charge in [-0.15, -0.1) is 0 Å². The summed E-state index contributed by atoms with van der Waals surface area (Å²) < 4.78 is 25.5. The molecule has 0 aliphatic heterocycles. The fraction of sp³-hybridized carbons (Fsp3) is 0.250. The van der Waals surface area contributed by atoms with Gasteiger partial charge in [0.05, 0.1) is 6.04 Å². The number of benzene rings is 1. The molecule has 5 heteroatoms. The second-order valence-corrected chi connectivity index (χ2v) is 2.55. The van der Waals surface area contributed by atoms with Crippen molar-refractivity contribution in [3.05, 3.63) is 45.8 Å². The Hall–Kier alpha value is -1.61. The zero-order chi connectivity index (χ0) is 9.84. The van der Waals surface area contributed by atoms with E-state index in [1.807, 2.05) is 0 Å². The molecular formula is C8H7F2N3. The van der Waals surface area contributed by atoms with E-state index in [4.69, 9.17) is 5.53 Å². The molecule has 0 bridgehead atoms. The summed E-state index contributed by atoms with van der Waals surface area (Å²) in [5.41, 5.74) is 8.30. The van der Waals surface area contributed by atoms with Crippen LogP contribution in [0, 0.1) is 11.6 Å². The van der Waals surface area contributed by atoms with Crippen LogP contribution in [-0.4, -0.2) is 0 Å². The van der Waals surface area contributed by atoms with E-state index in [1.54, 1.807) is 0 Å². The van der Waals surface area contributed by atoms with Gasteiger partial charge in [-0.2, -0.15) is 0 Å². The van der Waals surface area contributed by atoms with Crippen molar-refractivity contribution in [2.45, 2.75) is 13.0 Å². The summed E-state index contributed by atoms with van der Waals surface area (Å²) in [6, 6.07) is 2.54. The standard InChI is InChI=1S/C8H7F2N3/c1-5(12-13-11)7-3-2-6(9)4-8(7)10/h2-5H,1H3/t5-/m1/s1. The Morgan fingerprint density at radius 3 is 2.69 bits per heavy atom. The van der Waals surface area contributed by atoms with E-state index in [0.29, 0.717) is 0 Å². The first-order valence-corrected chi connectivity index (χ1v) is 3.64. The Morgan fingerprint density at radius 2 is 2.15 bits per heavy atom. The van der Waals surface area contributed by atoms with Gasteiger partial charge in [0.25, 0.3) is 0 Å². The highest BCUT2D eigenvalue weighted by molar-refractivity contribution is 5.21. The maximum atomic E-state index is 13.0. The fourth-order valence-corrected chi connectivity index (χ4v) is 0.980.